The van der Waals surface area contributed by atoms with E-state index < -0.39 is 11.4 Å². The minimum atomic E-state index is -0.620. The van der Waals surface area contributed by atoms with E-state index in [-0.39, 0.29) is 11.7 Å². The van der Waals surface area contributed by atoms with Crippen LogP contribution in [0, 0.1) is 41.8 Å². The number of rotatable bonds is 5. The van der Waals surface area contributed by atoms with E-state index in [1.54, 1.807) is 12.1 Å². The molecule has 4 fully saturated rings. The van der Waals surface area contributed by atoms with Gasteiger partial charge in [-0.15, -0.1) is 0 Å². The smallest absolute Gasteiger partial charge is 0.309 e. The second kappa shape index (κ2) is 7.92. The van der Waals surface area contributed by atoms with E-state index in [9.17, 15) is 19.1 Å². The Balaban J connectivity index is 1.16. The van der Waals surface area contributed by atoms with Gasteiger partial charge >= 0.3 is 5.97 Å². The number of aryl methyl sites for hydroxylation is 1. The van der Waals surface area contributed by atoms with E-state index in [1.165, 1.54) is 17.7 Å². The van der Waals surface area contributed by atoms with E-state index in [1.807, 2.05) is 16.5 Å². The Labute approximate surface area is 199 Å². The number of nitrogens with zero attached hydrogens (tertiary/aromatic N) is 3. The molecule has 4 saturated carbocycles. The third kappa shape index (κ3) is 3.55. The average Bonchev–Trinajstić information content (AvgIpc) is 3.11. The molecule has 1 amide bonds. The minimum Gasteiger partial charge on any atom is -0.481 e. The number of fused-ring (bicyclic) bond motifs is 1. The molecule has 5 aliphatic rings. The number of carbonyl (C=O) groups excluding carboxylic acids is 1. The van der Waals surface area contributed by atoms with Gasteiger partial charge < -0.3 is 10.0 Å². The van der Waals surface area contributed by atoms with Crippen LogP contribution in [-0.4, -0.2) is 38.2 Å². The molecule has 2 unspecified atom stereocenters. The maximum absolute atomic E-state index is 13.5. The van der Waals surface area contributed by atoms with Crippen LogP contribution >= 0.6 is 0 Å². The summed E-state index contributed by atoms with van der Waals surface area (Å²) in [6, 6.07) is 6.49. The zero-order valence-corrected chi connectivity index (χ0v) is 19.7. The summed E-state index contributed by atoms with van der Waals surface area (Å²) in [5.74, 6) is 0.920. The highest BCUT2D eigenvalue weighted by Crippen LogP contribution is 2.63. The van der Waals surface area contributed by atoms with Gasteiger partial charge in [-0.1, -0.05) is 12.1 Å². The maximum atomic E-state index is 13.5. The summed E-state index contributed by atoms with van der Waals surface area (Å²) in [4.78, 5) is 27.5. The summed E-state index contributed by atoms with van der Waals surface area (Å²) in [6.07, 6.45) is 5.87. The molecule has 1 N–H and O–H groups in total. The van der Waals surface area contributed by atoms with Crippen LogP contribution in [0.1, 0.15) is 61.0 Å². The fourth-order valence-electron chi connectivity index (χ4n) is 7.84. The van der Waals surface area contributed by atoms with E-state index in [0.717, 1.165) is 55.5 Å². The highest BCUT2D eigenvalue weighted by molar-refractivity contribution is 5.78. The number of carboxylic acid groups (broad SMARTS) is 1. The molecule has 1 aromatic carbocycles. The van der Waals surface area contributed by atoms with Crippen LogP contribution in [0.25, 0.3) is 0 Å². The molecule has 4 bridgehead atoms. The lowest BCUT2D eigenvalue weighted by Crippen LogP contribution is -2.54. The van der Waals surface area contributed by atoms with Crippen molar-refractivity contribution in [3.05, 3.63) is 52.6 Å². The Kier molecular flexibility index (Phi) is 5.08. The Morgan fingerprint density at radius 3 is 2.53 bits per heavy atom. The second-order valence-electron chi connectivity index (χ2n) is 11.3. The molecule has 0 saturated heterocycles. The number of halogens is 1. The predicted octanol–water partition coefficient (Wildman–Crippen LogP) is 4.18. The van der Waals surface area contributed by atoms with Crippen molar-refractivity contribution in [3.63, 3.8) is 0 Å². The standard InChI is InChI=1S/C27H32FN3O3/c1-16-22-6-7-30(15-24(22)31(29-16)14-17-2-4-21(28)5-3-17)25(32)10-23-19-8-18-9-20(23)13-27(11-18,12-19)26(33)34/h2-5,18-20,23H,6-15H2,1H3,(H,33,34). The van der Waals surface area contributed by atoms with E-state index >= 15 is 0 Å². The van der Waals surface area contributed by atoms with Crippen molar-refractivity contribution < 1.29 is 19.1 Å². The average molecular weight is 466 g/mol. The van der Waals surface area contributed by atoms with Crippen LogP contribution in [-0.2, 0) is 29.1 Å². The Morgan fingerprint density at radius 2 is 1.85 bits per heavy atom. The van der Waals surface area contributed by atoms with Crippen LogP contribution < -0.4 is 0 Å². The molecule has 34 heavy (non-hydrogen) atoms. The first-order chi connectivity index (χ1) is 16.3. The summed E-state index contributed by atoms with van der Waals surface area (Å²) in [6.45, 7) is 3.84. The minimum absolute atomic E-state index is 0.194. The largest absolute Gasteiger partial charge is 0.481 e. The quantitative estimate of drug-likeness (QED) is 0.719. The van der Waals surface area contributed by atoms with Crippen molar-refractivity contribution in [1.29, 1.82) is 0 Å². The summed E-state index contributed by atoms with van der Waals surface area (Å²) in [5.41, 5.74) is 3.77. The lowest BCUT2D eigenvalue weighted by molar-refractivity contribution is -0.172. The number of carbonyl (C=O) groups is 2. The van der Waals surface area contributed by atoms with E-state index in [2.05, 4.69) is 0 Å². The fraction of sp³-hybridized carbons (Fsp3) is 0.593. The molecule has 4 aliphatic carbocycles. The molecule has 2 heterocycles. The third-order valence-electron chi connectivity index (χ3n) is 9.27. The molecule has 180 valence electrons. The Bertz CT molecular complexity index is 1120. The van der Waals surface area contributed by atoms with Crippen molar-refractivity contribution in [1.82, 2.24) is 14.7 Å². The number of hydrogen-bond acceptors (Lipinski definition) is 3. The first-order valence-electron chi connectivity index (χ1n) is 12.6. The first-order valence-corrected chi connectivity index (χ1v) is 12.6. The van der Waals surface area contributed by atoms with Crippen molar-refractivity contribution in [2.24, 2.45) is 29.1 Å². The van der Waals surface area contributed by atoms with Crippen molar-refractivity contribution in [3.8, 4) is 0 Å². The fourth-order valence-corrected chi connectivity index (χ4v) is 7.84. The SMILES string of the molecule is Cc1nn(Cc2ccc(F)cc2)c2c1CCN(C(=O)CC1C3CC4CC1CC(C(=O)O)(C4)C3)C2. The summed E-state index contributed by atoms with van der Waals surface area (Å²) >= 11 is 0. The Morgan fingerprint density at radius 1 is 1.15 bits per heavy atom. The normalized spacial score (nSPS) is 31.5. The number of aliphatic carboxylic acids is 1. The highest BCUT2D eigenvalue weighted by Gasteiger charge is 2.58. The molecule has 2 aromatic rings. The van der Waals surface area contributed by atoms with Gasteiger partial charge in [0.1, 0.15) is 5.82 Å². The molecule has 7 heteroatoms. The number of benzene rings is 1. The van der Waals surface area contributed by atoms with Crippen molar-refractivity contribution in [2.75, 3.05) is 6.54 Å². The number of hydrogen-bond donors (Lipinski definition) is 1. The van der Waals surface area contributed by atoms with Crippen LogP contribution in [0.3, 0.4) is 0 Å². The van der Waals surface area contributed by atoms with Gasteiger partial charge in [-0.05, 0) is 92.4 Å². The monoisotopic (exact) mass is 465 g/mol. The van der Waals surface area contributed by atoms with Crippen LogP contribution in [0.5, 0.6) is 0 Å². The topological polar surface area (TPSA) is 75.4 Å². The van der Waals surface area contributed by atoms with E-state index in [0.29, 0.717) is 49.7 Å². The molecule has 6 nitrogen and oxygen atoms in total. The summed E-state index contributed by atoms with van der Waals surface area (Å²) < 4.78 is 15.3. The molecule has 0 spiro atoms. The lowest BCUT2D eigenvalue weighted by Gasteiger charge is -2.58. The van der Waals surface area contributed by atoms with Gasteiger partial charge in [0.05, 0.1) is 29.9 Å². The number of aromatic nitrogens is 2. The van der Waals surface area contributed by atoms with Gasteiger partial charge in [-0.2, -0.15) is 5.10 Å². The van der Waals surface area contributed by atoms with Crippen LogP contribution in [0.4, 0.5) is 4.39 Å². The first kappa shape index (κ1) is 21.8. The molecule has 7 rings (SSSR count). The lowest BCUT2D eigenvalue weighted by atomic mass is 9.45. The molecule has 1 aromatic heterocycles. The molecule has 1 aliphatic heterocycles. The highest BCUT2D eigenvalue weighted by atomic mass is 19.1. The zero-order chi connectivity index (χ0) is 23.6. The van der Waals surface area contributed by atoms with Gasteiger partial charge in [-0.3, -0.25) is 14.3 Å². The molecular weight excluding hydrogens is 433 g/mol. The van der Waals surface area contributed by atoms with Gasteiger partial charge in [0.2, 0.25) is 5.91 Å². The van der Waals surface area contributed by atoms with Crippen molar-refractivity contribution >= 4 is 11.9 Å². The molecule has 0 radical (unpaired) electrons. The van der Waals surface area contributed by atoms with Gasteiger partial charge in [0.15, 0.2) is 0 Å². The number of carboxylic acids is 1. The van der Waals surface area contributed by atoms with Crippen LogP contribution in [0.2, 0.25) is 0 Å². The molecule has 2 atom stereocenters. The second-order valence-corrected chi connectivity index (χ2v) is 11.3. The Hall–Kier alpha value is -2.70. The van der Waals surface area contributed by atoms with E-state index in [4.69, 9.17) is 5.10 Å². The van der Waals surface area contributed by atoms with Crippen molar-refractivity contribution in [2.45, 2.75) is 65.0 Å². The van der Waals surface area contributed by atoms with Gasteiger partial charge in [0.25, 0.3) is 0 Å². The van der Waals surface area contributed by atoms with Gasteiger partial charge in [0, 0.05) is 13.0 Å². The number of amides is 1. The maximum Gasteiger partial charge on any atom is 0.309 e. The third-order valence-corrected chi connectivity index (χ3v) is 9.27. The van der Waals surface area contributed by atoms with Gasteiger partial charge in [-0.25, -0.2) is 4.39 Å². The summed E-state index contributed by atoms with van der Waals surface area (Å²) in [5, 5.41) is 14.6. The zero-order valence-electron chi connectivity index (χ0n) is 19.7. The predicted molar refractivity (Wildman–Crippen MR) is 123 cm³/mol. The molecular formula is C27H32FN3O3. The van der Waals surface area contributed by atoms with Crippen LogP contribution in [0.15, 0.2) is 24.3 Å². The summed E-state index contributed by atoms with van der Waals surface area (Å²) in [7, 11) is 0.